The maximum absolute atomic E-state index is 14.7. The predicted molar refractivity (Wildman–Crippen MR) is 167 cm³/mol. The smallest absolute Gasteiger partial charge is 0.408 e. The Morgan fingerprint density at radius 1 is 1.00 bits per heavy atom. The number of benzene rings is 1. The summed E-state index contributed by atoms with van der Waals surface area (Å²) in [7, 11) is 0. The van der Waals surface area contributed by atoms with Crippen molar-refractivity contribution in [2.75, 3.05) is 0 Å². The van der Waals surface area contributed by atoms with Gasteiger partial charge in [-0.05, 0) is 90.2 Å². The SMILES string of the molecule is CCC(C)C(NC(=O)OC(C)(C)C)C(=O)N(C(C)CCC(C)C)C(C(=O)NC1CCCCC1)c1ccc(C)cc1C. The van der Waals surface area contributed by atoms with E-state index in [0.717, 1.165) is 55.2 Å². The summed E-state index contributed by atoms with van der Waals surface area (Å²) < 4.78 is 5.56. The van der Waals surface area contributed by atoms with Gasteiger partial charge in [-0.3, -0.25) is 9.59 Å². The monoisotopic (exact) mass is 571 g/mol. The molecule has 1 aromatic rings. The van der Waals surface area contributed by atoms with E-state index in [2.05, 4.69) is 30.5 Å². The van der Waals surface area contributed by atoms with Gasteiger partial charge < -0.3 is 20.3 Å². The largest absolute Gasteiger partial charge is 0.444 e. The molecule has 1 aromatic carbocycles. The van der Waals surface area contributed by atoms with Crippen molar-refractivity contribution in [1.82, 2.24) is 15.5 Å². The summed E-state index contributed by atoms with van der Waals surface area (Å²) in [6.07, 6.45) is 7.03. The van der Waals surface area contributed by atoms with E-state index < -0.39 is 23.8 Å². The molecule has 7 heteroatoms. The van der Waals surface area contributed by atoms with Crippen LogP contribution in [0.15, 0.2) is 18.2 Å². The van der Waals surface area contributed by atoms with Gasteiger partial charge in [0.2, 0.25) is 11.8 Å². The minimum absolute atomic E-state index is 0.109. The minimum atomic E-state index is -0.827. The molecule has 0 aliphatic heterocycles. The van der Waals surface area contributed by atoms with Crippen LogP contribution in [0.5, 0.6) is 0 Å². The van der Waals surface area contributed by atoms with Gasteiger partial charge in [0.15, 0.2) is 0 Å². The third-order valence-electron chi connectivity index (χ3n) is 8.24. The molecule has 41 heavy (non-hydrogen) atoms. The number of amides is 3. The molecule has 1 aliphatic carbocycles. The van der Waals surface area contributed by atoms with Gasteiger partial charge in [0, 0.05) is 12.1 Å². The van der Waals surface area contributed by atoms with E-state index in [9.17, 15) is 14.4 Å². The van der Waals surface area contributed by atoms with Crippen molar-refractivity contribution in [3.63, 3.8) is 0 Å². The fourth-order valence-electron chi connectivity index (χ4n) is 5.67. The zero-order chi connectivity index (χ0) is 30.9. The molecule has 1 fully saturated rings. The van der Waals surface area contributed by atoms with E-state index in [-0.39, 0.29) is 29.8 Å². The number of alkyl carbamates (subject to hydrolysis) is 1. The van der Waals surface area contributed by atoms with Crippen molar-refractivity contribution >= 4 is 17.9 Å². The number of aryl methyl sites for hydroxylation is 2. The number of nitrogens with one attached hydrogen (secondary N) is 2. The third kappa shape index (κ3) is 10.6. The molecule has 1 aliphatic rings. The molecular weight excluding hydrogens is 514 g/mol. The molecule has 7 nitrogen and oxygen atoms in total. The van der Waals surface area contributed by atoms with E-state index in [0.29, 0.717) is 12.3 Å². The van der Waals surface area contributed by atoms with E-state index in [1.165, 1.54) is 6.42 Å². The molecule has 232 valence electrons. The summed E-state index contributed by atoms with van der Waals surface area (Å²) in [6, 6.07) is 4.33. The molecule has 1 saturated carbocycles. The maximum Gasteiger partial charge on any atom is 0.408 e. The first kappa shape index (κ1) is 34.6. The van der Waals surface area contributed by atoms with Crippen LogP contribution in [0.2, 0.25) is 0 Å². The Kier molecular flexibility index (Phi) is 13.2. The van der Waals surface area contributed by atoms with Crippen molar-refractivity contribution in [3.8, 4) is 0 Å². The van der Waals surface area contributed by atoms with Gasteiger partial charge in [-0.25, -0.2) is 4.79 Å². The second kappa shape index (κ2) is 15.6. The number of hydrogen-bond donors (Lipinski definition) is 2. The first-order valence-corrected chi connectivity index (χ1v) is 15.8. The van der Waals surface area contributed by atoms with Crippen LogP contribution in [0.1, 0.15) is 129 Å². The molecule has 2 N–H and O–H groups in total. The highest BCUT2D eigenvalue weighted by molar-refractivity contribution is 5.93. The van der Waals surface area contributed by atoms with Crippen molar-refractivity contribution in [3.05, 3.63) is 34.9 Å². The molecule has 0 bridgehead atoms. The minimum Gasteiger partial charge on any atom is -0.444 e. The second-order valence-electron chi connectivity index (χ2n) is 13.7. The number of nitrogens with zero attached hydrogens (tertiary/aromatic N) is 1. The van der Waals surface area contributed by atoms with Crippen molar-refractivity contribution < 1.29 is 19.1 Å². The average Bonchev–Trinajstić information content (AvgIpc) is 2.88. The van der Waals surface area contributed by atoms with Crippen LogP contribution in [0.4, 0.5) is 4.79 Å². The summed E-state index contributed by atoms with van der Waals surface area (Å²) in [4.78, 5) is 43.7. The predicted octanol–water partition coefficient (Wildman–Crippen LogP) is 7.39. The zero-order valence-electron chi connectivity index (χ0n) is 27.4. The van der Waals surface area contributed by atoms with Crippen LogP contribution >= 0.6 is 0 Å². The molecule has 4 unspecified atom stereocenters. The summed E-state index contributed by atoms with van der Waals surface area (Å²) in [6.45, 7) is 19.8. The lowest BCUT2D eigenvalue weighted by Crippen LogP contribution is -2.58. The summed E-state index contributed by atoms with van der Waals surface area (Å²) >= 11 is 0. The van der Waals surface area contributed by atoms with Gasteiger partial charge in [-0.2, -0.15) is 0 Å². The topological polar surface area (TPSA) is 87.7 Å². The number of rotatable bonds is 12. The second-order valence-corrected chi connectivity index (χ2v) is 13.7. The van der Waals surface area contributed by atoms with E-state index in [1.54, 1.807) is 25.7 Å². The highest BCUT2D eigenvalue weighted by Crippen LogP contribution is 2.32. The van der Waals surface area contributed by atoms with Gasteiger partial charge in [-0.15, -0.1) is 0 Å². The molecule has 3 amide bonds. The Balaban J connectivity index is 2.62. The van der Waals surface area contributed by atoms with Crippen molar-refractivity contribution in [1.29, 1.82) is 0 Å². The highest BCUT2D eigenvalue weighted by atomic mass is 16.6. The molecule has 0 aromatic heterocycles. The van der Waals surface area contributed by atoms with E-state index in [1.807, 2.05) is 46.8 Å². The molecule has 4 atom stereocenters. The van der Waals surface area contributed by atoms with E-state index >= 15 is 0 Å². The molecule has 0 saturated heterocycles. The standard InChI is InChI=1S/C34H57N3O4/c1-11-24(5)29(36-33(40)41-34(8,9)10)32(39)37(26(7)19-17-22(2)3)30(28-20-18-23(4)21-25(28)6)31(38)35-27-15-13-12-14-16-27/h18,20-22,24,26-27,29-30H,11-17,19H2,1-10H3,(H,35,38)(H,36,40). The lowest BCUT2D eigenvalue weighted by molar-refractivity contribution is -0.146. The number of carbonyl (C=O) groups excluding carboxylic acids is 3. The zero-order valence-corrected chi connectivity index (χ0v) is 27.4. The molecule has 2 rings (SSSR count). The summed E-state index contributed by atoms with van der Waals surface area (Å²) in [5, 5.41) is 6.21. The Morgan fingerprint density at radius 3 is 2.17 bits per heavy atom. The lowest BCUT2D eigenvalue weighted by Gasteiger charge is -2.41. The summed E-state index contributed by atoms with van der Waals surface area (Å²) in [5.41, 5.74) is 2.21. The highest BCUT2D eigenvalue weighted by Gasteiger charge is 2.41. The van der Waals surface area contributed by atoms with Crippen LogP contribution in [-0.2, 0) is 14.3 Å². The first-order chi connectivity index (χ1) is 19.1. The Bertz CT molecular complexity index is 1010. The molecular formula is C34H57N3O4. The van der Waals surface area contributed by atoms with Crippen LogP contribution in [0, 0.1) is 25.7 Å². The normalized spacial score (nSPS) is 17.3. The molecule has 0 heterocycles. The fraction of sp³-hybridized carbons (Fsp3) is 0.735. The van der Waals surface area contributed by atoms with Gasteiger partial charge in [-0.1, -0.05) is 77.1 Å². The Morgan fingerprint density at radius 2 is 1.63 bits per heavy atom. The van der Waals surface area contributed by atoms with Gasteiger partial charge in [0.05, 0.1) is 0 Å². The third-order valence-corrected chi connectivity index (χ3v) is 8.24. The van der Waals surface area contributed by atoms with Crippen LogP contribution in [-0.4, -0.2) is 46.5 Å². The number of carbonyl (C=O) groups is 3. The lowest BCUT2D eigenvalue weighted by atomic mass is 9.90. The van der Waals surface area contributed by atoms with Crippen molar-refractivity contribution in [2.45, 2.75) is 150 Å². The van der Waals surface area contributed by atoms with Crippen LogP contribution in [0.25, 0.3) is 0 Å². The Labute approximate surface area is 249 Å². The van der Waals surface area contributed by atoms with Crippen molar-refractivity contribution in [2.24, 2.45) is 11.8 Å². The van der Waals surface area contributed by atoms with Crippen LogP contribution in [0.3, 0.4) is 0 Å². The average molecular weight is 572 g/mol. The molecule has 0 radical (unpaired) electrons. The number of ether oxygens (including phenoxy) is 1. The van der Waals surface area contributed by atoms with Gasteiger partial charge in [0.1, 0.15) is 17.7 Å². The Hall–Kier alpha value is -2.57. The first-order valence-electron chi connectivity index (χ1n) is 15.8. The molecule has 0 spiro atoms. The maximum atomic E-state index is 14.7. The quantitative estimate of drug-likeness (QED) is 0.274. The van der Waals surface area contributed by atoms with Gasteiger partial charge in [0.25, 0.3) is 0 Å². The fourth-order valence-corrected chi connectivity index (χ4v) is 5.67. The summed E-state index contributed by atoms with van der Waals surface area (Å²) in [5.74, 6) is -0.0923. The number of hydrogen-bond acceptors (Lipinski definition) is 4. The van der Waals surface area contributed by atoms with Gasteiger partial charge >= 0.3 is 6.09 Å². The van der Waals surface area contributed by atoms with Crippen LogP contribution < -0.4 is 10.6 Å². The van der Waals surface area contributed by atoms with E-state index in [4.69, 9.17) is 4.74 Å².